The fourth-order valence-corrected chi connectivity index (χ4v) is 4.27. The van der Waals surface area contributed by atoms with Gasteiger partial charge in [0, 0.05) is 38.3 Å². The summed E-state index contributed by atoms with van der Waals surface area (Å²) >= 11 is 6.19. The highest BCUT2D eigenvalue weighted by Gasteiger charge is 2.31. The Morgan fingerprint density at radius 3 is 2.68 bits per heavy atom. The second-order valence-electron chi connectivity index (χ2n) is 7.60. The Morgan fingerprint density at radius 2 is 1.94 bits per heavy atom. The molecule has 2 aliphatic rings. The van der Waals surface area contributed by atoms with Crippen LogP contribution >= 0.6 is 11.6 Å². The molecule has 0 saturated carbocycles. The van der Waals surface area contributed by atoms with E-state index < -0.39 is 5.91 Å². The Balaban J connectivity index is 1.56. The highest BCUT2D eigenvalue weighted by Crippen LogP contribution is 2.34. The molecule has 9 heteroatoms. The van der Waals surface area contributed by atoms with Gasteiger partial charge in [-0.1, -0.05) is 23.7 Å². The van der Waals surface area contributed by atoms with Crippen LogP contribution in [0.15, 0.2) is 24.3 Å². The number of fused-ring (bicyclic) bond motifs is 1. The monoisotopic (exact) mass is 441 g/mol. The molecule has 0 spiro atoms. The Morgan fingerprint density at radius 1 is 1.16 bits per heavy atom. The van der Waals surface area contributed by atoms with E-state index in [2.05, 4.69) is 21.6 Å². The molecule has 31 heavy (non-hydrogen) atoms. The van der Waals surface area contributed by atoms with Crippen LogP contribution in [0, 0.1) is 11.3 Å². The number of nitrogens with zero attached hydrogens (tertiary/aromatic N) is 3. The number of hydrogen-bond donors (Lipinski definition) is 2. The lowest BCUT2D eigenvalue weighted by Gasteiger charge is -2.26. The van der Waals surface area contributed by atoms with Crippen molar-refractivity contribution >= 4 is 34.8 Å². The number of nitrogens with one attached hydrogen (secondary N) is 2. The normalized spacial score (nSPS) is 15.9. The van der Waals surface area contributed by atoms with Crippen LogP contribution in [-0.4, -0.2) is 54.1 Å². The molecule has 1 aromatic carbocycles. The molecule has 1 saturated heterocycles. The van der Waals surface area contributed by atoms with Gasteiger partial charge < -0.3 is 19.9 Å². The fraction of sp³-hybridized carbons (Fsp3) is 0.409. The second-order valence-corrected chi connectivity index (χ2v) is 8.01. The minimum atomic E-state index is -0.402. The highest BCUT2D eigenvalue weighted by atomic mass is 35.5. The first-order valence-electron chi connectivity index (χ1n) is 10.4. The number of hydrogen-bond acceptors (Lipinski definition) is 5. The molecule has 0 atom stereocenters. The summed E-state index contributed by atoms with van der Waals surface area (Å²) in [6.45, 7) is 4.15. The van der Waals surface area contributed by atoms with Crippen molar-refractivity contribution in [2.75, 3.05) is 43.5 Å². The van der Waals surface area contributed by atoms with E-state index in [0.29, 0.717) is 54.7 Å². The van der Waals surface area contributed by atoms with E-state index in [9.17, 15) is 14.9 Å². The Labute approximate surface area is 185 Å². The molecule has 0 unspecified atom stereocenters. The lowest BCUT2D eigenvalue weighted by molar-refractivity contribution is -0.116. The number of anilines is 2. The molecule has 2 N–H and O–H groups in total. The zero-order valence-corrected chi connectivity index (χ0v) is 17.9. The van der Waals surface area contributed by atoms with E-state index in [0.717, 1.165) is 25.2 Å². The molecule has 4 rings (SSSR count). The predicted molar refractivity (Wildman–Crippen MR) is 117 cm³/mol. The molecule has 0 aliphatic carbocycles. The molecular formula is C22H24ClN5O3. The van der Waals surface area contributed by atoms with Crippen molar-refractivity contribution in [1.82, 2.24) is 9.47 Å². The topological polar surface area (TPSA) is 99.4 Å². The summed E-state index contributed by atoms with van der Waals surface area (Å²) < 4.78 is 7.17. The summed E-state index contributed by atoms with van der Waals surface area (Å²) in [7, 11) is 0. The molecule has 0 bridgehead atoms. The van der Waals surface area contributed by atoms with Crippen LogP contribution in [0.1, 0.15) is 34.6 Å². The van der Waals surface area contributed by atoms with Crippen LogP contribution in [0.4, 0.5) is 11.4 Å². The predicted octanol–water partition coefficient (Wildman–Crippen LogP) is 2.87. The maximum atomic E-state index is 13.2. The number of nitriles is 1. The van der Waals surface area contributed by atoms with Gasteiger partial charge in [-0.05, 0) is 25.0 Å². The lowest BCUT2D eigenvalue weighted by atomic mass is 10.1. The van der Waals surface area contributed by atoms with Gasteiger partial charge in [-0.15, -0.1) is 0 Å². The van der Waals surface area contributed by atoms with E-state index in [-0.39, 0.29) is 18.0 Å². The third-order valence-corrected chi connectivity index (χ3v) is 5.97. The molecule has 2 amide bonds. The molecule has 1 fully saturated rings. The SMILES string of the molecule is N#Cc1c(NC(=O)CCN2CCOCC2)c(C(=O)Nc2ccccc2Cl)n2c1CCC2. The average molecular weight is 442 g/mol. The van der Waals surface area contributed by atoms with Gasteiger partial charge in [-0.3, -0.25) is 14.5 Å². The molecule has 8 nitrogen and oxygen atoms in total. The van der Waals surface area contributed by atoms with E-state index >= 15 is 0 Å². The number of benzene rings is 1. The zero-order chi connectivity index (χ0) is 21.8. The first kappa shape index (κ1) is 21.4. The van der Waals surface area contributed by atoms with Gasteiger partial charge in [0.1, 0.15) is 11.8 Å². The summed E-state index contributed by atoms with van der Waals surface area (Å²) in [5, 5.41) is 15.8. The van der Waals surface area contributed by atoms with Gasteiger partial charge in [-0.2, -0.15) is 5.26 Å². The van der Waals surface area contributed by atoms with Crippen molar-refractivity contribution in [2.24, 2.45) is 0 Å². The van der Waals surface area contributed by atoms with E-state index in [1.54, 1.807) is 24.3 Å². The lowest BCUT2D eigenvalue weighted by Crippen LogP contribution is -2.38. The van der Waals surface area contributed by atoms with E-state index in [4.69, 9.17) is 16.3 Å². The second kappa shape index (κ2) is 9.52. The number of carbonyl (C=O) groups excluding carboxylic acids is 2. The van der Waals surface area contributed by atoms with Crippen molar-refractivity contribution in [1.29, 1.82) is 5.26 Å². The van der Waals surface area contributed by atoms with Gasteiger partial charge in [0.05, 0.1) is 35.2 Å². The number of rotatable bonds is 6. The van der Waals surface area contributed by atoms with Crippen molar-refractivity contribution < 1.29 is 14.3 Å². The number of carbonyl (C=O) groups is 2. The summed E-state index contributed by atoms with van der Waals surface area (Å²) in [6.07, 6.45) is 1.82. The number of halogens is 1. The smallest absolute Gasteiger partial charge is 0.274 e. The van der Waals surface area contributed by atoms with Crippen LogP contribution in [0.25, 0.3) is 0 Å². The van der Waals surface area contributed by atoms with Gasteiger partial charge in [0.2, 0.25) is 5.91 Å². The van der Waals surface area contributed by atoms with Crippen molar-refractivity contribution in [2.45, 2.75) is 25.8 Å². The largest absolute Gasteiger partial charge is 0.379 e. The molecule has 2 aromatic rings. The number of aromatic nitrogens is 1. The summed E-state index contributed by atoms with van der Waals surface area (Å²) in [5.74, 6) is -0.625. The quantitative estimate of drug-likeness (QED) is 0.718. The van der Waals surface area contributed by atoms with Crippen LogP contribution in [0.2, 0.25) is 5.02 Å². The maximum absolute atomic E-state index is 13.2. The Hall–Kier alpha value is -2.86. The maximum Gasteiger partial charge on any atom is 0.274 e. The van der Waals surface area contributed by atoms with Crippen LogP contribution in [0.5, 0.6) is 0 Å². The number of amides is 2. The summed E-state index contributed by atoms with van der Waals surface area (Å²) in [6, 6.07) is 9.14. The molecule has 0 radical (unpaired) electrons. The third kappa shape index (κ3) is 4.59. The number of morpholine rings is 1. The first-order chi connectivity index (χ1) is 15.1. The van der Waals surface area contributed by atoms with Crippen molar-refractivity contribution in [3.8, 4) is 6.07 Å². The van der Waals surface area contributed by atoms with Gasteiger partial charge in [-0.25, -0.2) is 0 Å². The minimum absolute atomic E-state index is 0.223. The van der Waals surface area contributed by atoms with Crippen LogP contribution in [0.3, 0.4) is 0 Å². The fourth-order valence-electron chi connectivity index (χ4n) is 4.09. The van der Waals surface area contributed by atoms with Gasteiger partial charge in [0.25, 0.3) is 5.91 Å². The summed E-state index contributed by atoms with van der Waals surface area (Å²) in [4.78, 5) is 28.1. The van der Waals surface area contributed by atoms with Crippen molar-refractivity contribution in [3.63, 3.8) is 0 Å². The molecule has 162 valence electrons. The Kier molecular flexibility index (Phi) is 6.56. The first-order valence-corrected chi connectivity index (χ1v) is 10.8. The standard InChI is InChI=1S/C22H24ClN5O3/c23-16-4-1-2-5-17(16)25-22(30)21-20(15(14-24)18-6-3-8-28(18)21)26-19(29)7-9-27-10-12-31-13-11-27/h1-2,4-5H,3,6-13H2,(H,25,30)(H,26,29). The van der Waals surface area contributed by atoms with Crippen molar-refractivity contribution in [3.05, 3.63) is 46.2 Å². The molecule has 1 aromatic heterocycles. The van der Waals surface area contributed by atoms with Crippen LogP contribution in [-0.2, 0) is 22.5 Å². The number of para-hydroxylation sites is 1. The highest BCUT2D eigenvalue weighted by molar-refractivity contribution is 6.34. The summed E-state index contributed by atoms with van der Waals surface area (Å²) in [5.41, 5.74) is 2.21. The van der Waals surface area contributed by atoms with Gasteiger partial charge >= 0.3 is 0 Å². The van der Waals surface area contributed by atoms with Gasteiger partial charge in [0.15, 0.2) is 0 Å². The third-order valence-electron chi connectivity index (χ3n) is 5.64. The Bertz CT molecular complexity index is 1040. The molecular weight excluding hydrogens is 418 g/mol. The minimum Gasteiger partial charge on any atom is -0.379 e. The van der Waals surface area contributed by atoms with E-state index in [1.165, 1.54) is 0 Å². The van der Waals surface area contributed by atoms with E-state index in [1.807, 2.05) is 4.57 Å². The average Bonchev–Trinajstić information content (AvgIpc) is 3.34. The molecule has 2 aliphatic heterocycles. The van der Waals surface area contributed by atoms with Crippen LogP contribution < -0.4 is 10.6 Å². The zero-order valence-electron chi connectivity index (χ0n) is 17.1. The number of ether oxygens (including phenoxy) is 1. The molecule has 3 heterocycles.